The first-order chi connectivity index (χ1) is 15.9. The highest BCUT2D eigenvalue weighted by molar-refractivity contribution is 5.52. The third kappa shape index (κ3) is 4.32. The van der Waals surface area contributed by atoms with Crippen LogP contribution >= 0.6 is 0 Å². The van der Waals surface area contributed by atoms with E-state index in [1.54, 1.807) is 12.1 Å². The van der Waals surface area contributed by atoms with Crippen LogP contribution in [0, 0.1) is 0 Å². The molecule has 0 bridgehead atoms. The minimum atomic E-state index is -0.448. The van der Waals surface area contributed by atoms with E-state index in [1.807, 2.05) is 6.07 Å². The molecular formula is C29H33NO3. The lowest BCUT2D eigenvalue weighted by molar-refractivity contribution is 0.0202. The normalized spacial score (nSPS) is 22.2. The molecule has 0 radical (unpaired) electrons. The van der Waals surface area contributed by atoms with Gasteiger partial charge in [-0.1, -0.05) is 55.5 Å². The predicted octanol–water partition coefficient (Wildman–Crippen LogP) is 5.95. The van der Waals surface area contributed by atoms with Gasteiger partial charge in [0.15, 0.2) is 0 Å². The Morgan fingerprint density at radius 1 is 0.970 bits per heavy atom. The quantitative estimate of drug-likeness (QED) is 0.511. The van der Waals surface area contributed by atoms with Crippen LogP contribution < -0.4 is 9.47 Å². The van der Waals surface area contributed by atoms with Crippen molar-refractivity contribution in [1.29, 1.82) is 0 Å². The molecule has 0 saturated carbocycles. The van der Waals surface area contributed by atoms with Gasteiger partial charge in [-0.3, -0.25) is 4.90 Å². The molecule has 1 N–H and O–H groups in total. The SMILES string of the molecule is CCCN1CC(Oc2ccc([C@@H]3c4ccc(O)cc4OC(C)(C)[C@@H]3c3ccccc3)cc2)C1. The van der Waals surface area contributed by atoms with Gasteiger partial charge in [-0.15, -0.1) is 0 Å². The highest BCUT2D eigenvalue weighted by Crippen LogP contribution is 2.53. The molecule has 1 saturated heterocycles. The second kappa shape index (κ2) is 8.75. The van der Waals surface area contributed by atoms with Crippen molar-refractivity contribution in [2.24, 2.45) is 0 Å². The number of hydrogen-bond donors (Lipinski definition) is 1. The Balaban J connectivity index is 1.47. The number of phenols is 1. The van der Waals surface area contributed by atoms with Crippen LogP contribution in [-0.4, -0.2) is 41.3 Å². The van der Waals surface area contributed by atoms with Crippen molar-refractivity contribution in [2.75, 3.05) is 19.6 Å². The Hall–Kier alpha value is -2.98. The van der Waals surface area contributed by atoms with Gasteiger partial charge in [-0.25, -0.2) is 0 Å². The second-order valence-corrected chi connectivity index (χ2v) is 9.86. The zero-order valence-electron chi connectivity index (χ0n) is 19.7. The van der Waals surface area contributed by atoms with E-state index in [2.05, 4.69) is 80.3 Å². The van der Waals surface area contributed by atoms with Crippen molar-refractivity contribution in [3.63, 3.8) is 0 Å². The molecule has 2 aliphatic heterocycles. The maximum Gasteiger partial charge on any atom is 0.127 e. The van der Waals surface area contributed by atoms with Gasteiger partial charge in [0.2, 0.25) is 0 Å². The summed E-state index contributed by atoms with van der Waals surface area (Å²) in [6.07, 6.45) is 1.47. The summed E-state index contributed by atoms with van der Waals surface area (Å²) in [5.74, 6) is 2.13. The maximum absolute atomic E-state index is 10.1. The van der Waals surface area contributed by atoms with E-state index in [0.717, 1.165) is 36.7 Å². The lowest BCUT2D eigenvalue weighted by Crippen LogP contribution is -2.53. The molecule has 2 heterocycles. The summed E-state index contributed by atoms with van der Waals surface area (Å²) in [6.45, 7) is 9.66. The minimum absolute atomic E-state index is 0.101. The number of nitrogens with zero attached hydrogens (tertiary/aromatic N) is 1. The van der Waals surface area contributed by atoms with Crippen LogP contribution in [0.1, 0.15) is 55.7 Å². The lowest BCUT2D eigenvalue weighted by Gasteiger charge is -2.45. The number of likely N-dealkylation sites (tertiary alicyclic amines) is 1. The zero-order valence-corrected chi connectivity index (χ0v) is 19.7. The molecule has 0 unspecified atom stereocenters. The Kier molecular flexibility index (Phi) is 5.79. The molecule has 0 amide bonds. The fraction of sp³-hybridized carbons (Fsp3) is 0.379. The highest BCUT2D eigenvalue weighted by Gasteiger charge is 2.45. The number of aromatic hydroxyl groups is 1. The van der Waals surface area contributed by atoms with E-state index < -0.39 is 5.60 Å². The van der Waals surface area contributed by atoms with Crippen LogP contribution in [-0.2, 0) is 0 Å². The van der Waals surface area contributed by atoms with Crippen molar-refractivity contribution >= 4 is 0 Å². The first-order valence-electron chi connectivity index (χ1n) is 12.0. The highest BCUT2D eigenvalue weighted by atomic mass is 16.5. The third-order valence-electron chi connectivity index (χ3n) is 6.95. The number of hydrogen-bond acceptors (Lipinski definition) is 4. The molecule has 0 aromatic heterocycles. The van der Waals surface area contributed by atoms with Gasteiger partial charge < -0.3 is 14.6 Å². The van der Waals surface area contributed by atoms with Crippen LogP contribution in [0.3, 0.4) is 0 Å². The fourth-order valence-corrected chi connectivity index (χ4v) is 5.46. The number of rotatable bonds is 6. The summed E-state index contributed by atoms with van der Waals surface area (Å²) < 4.78 is 12.7. The average Bonchev–Trinajstić information content (AvgIpc) is 2.77. The predicted molar refractivity (Wildman–Crippen MR) is 131 cm³/mol. The maximum atomic E-state index is 10.1. The van der Waals surface area contributed by atoms with E-state index in [-0.39, 0.29) is 23.7 Å². The first-order valence-corrected chi connectivity index (χ1v) is 12.0. The van der Waals surface area contributed by atoms with E-state index in [9.17, 15) is 5.11 Å². The molecule has 0 spiro atoms. The van der Waals surface area contributed by atoms with Crippen molar-refractivity contribution in [3.05, 3.63) is 89.5 Å². The van der Waals surface area contributed by atoms with E-state index in [1.165, 1.54) is 17.5 Å². The largest absolute Gasteiger partial charge is 0.508 e. The molecule has 3 aromatic carbocycles. The number of fused-ring (bicyclic) bond motifs is 1. The van der Waals surface area contributed by atoms with Crippen LogP contribution in [0.15, 0.2) is 72.8 Å². The number of ether oxygens (including phenoxy) is 2. The van der Waals surface area contributed by atoms with Crippen molar-refractivity contribution in [2.45, 2.75) is 50.7 Å². The van der Waals surface area contributed by atoms with Crippen LogP contribution in [0.5, 0.6) is 17.2 Å². The minimum Gasteiger partial charge on any atom is -0.508 e. The van der Waals surface area contributed by atoms with Gasteiger partial charge in [-0.2, -0.15) is 0 Å². The van der Waals surface area contributed by atoms with Gasteiger partial charge >= 0.3 is 0 Å². The van der Waals surface area contributed by atoms with Crippen LogP contribution in [0.4, 0.5) is 0 Å². The summed E-state index contributed by atoms with van der Waals surface area (Å²) in [5, 5.41) is 10.1. The number of benzene rings is 3. The zero-order chi connectivity index (χ0) is 23.0. The molecular weight excluding hydrogens is 410 g/mol. The summed E-state index contributed by atoms with van der Waals surface area (Å²) in [7, 11) is 0. The van der Waals surface area contributed by atoms with Crippen molar-refractivity contribution in [1.82, 2.24) is 4.90 Å². The second-order valence-electron chi connectivity index (χ2n) is 9.86. The Morgan fingerprint density at radius 3 is 2.39 bits per heavy atom. The summed E-state index contributed by atoms with van der Waals surface area (Å²) in [4.78, 5) is 2.43. The molecule has 1 fully saturated rings. The van der Waals surface area contributed by atoms with E-state index in [4.69, 9.17) is 9.47 Å². The van der Waals surface area contributed by atoms with Crippen molar-refractivity contribution < 1.29 is 14.6 Å². The molecule has 3 aromatic rings. The molecule has 2 aliphatic rings. The van der Waals surface area contributed by atoms with Gasteiger partial charge in [0, 0.05) is 36.6 Å². The molecule has 4 heteroatoms. The van der Waals surface area contributed by atoms with Gasteiger partial charge in [0.25, 0.3) is 0 Å². The van der Waals surface area contributed by atoms with Gasteiger partial charge in [0.1, 0.15) is 29.0 Å². The Labute approximate surface area is 196 Å². The standard InChI is InChI=1S/C29H33NO3/c1-4-16-30-18-24(19-30)32-23-13-10-20(11-14-23)27-25-15-12-22(31)17-26(25)33-29(2,3)28(27)21-8-6-5-7-9-21/h5-15,17,24,27-28,31H,4,16,18-19H2,1-3H3/t27-,28-/m1/s1. The third-order valence-corrected chi connectivity index (χ3v) is 6.95. The van der Waals surface area contributed by atoms with Crippen LogP contribution in [0.25, 0.3) is 0 Å². The topological polar surface area (TPSA) is 41.9 Å². The first kappa shape index (κ1) is 21.8. The molecule has 0 aliphatic carbocycles. The molecule has 172 valence electrons. The monoisotopic (exact) mass is 443 g/mol. The van der Waals surface area contributed by atoms with Crippen molar-refractivity contribution in [3.8, 4) is 17.2 Å². The Morgan fingerprint density at radius 2 is 1.70 bits per heavy atom. The number of phenolic OH excluding ortho intramolecular Hbond substituents is 1. The average molecular weight is 444 g/mol. The van der Waals surface area contributed by atoms with E-state index in [0.29, 0.717) is 0 Å². The smallest absolute Gasteiger partial charge is 0.127 e. The molecule has 4 nitrogen and oxygen atoms in total. The van der Waals surface area contributed by atoms with Crippen LogP contribution in [0.2, 0.25) is 0 Å². The van der Waals surface area contributed by atoms with Gasteiger partial charge in [-0.05, 0) is 56.1 Å². The summed E-state index contributed by atoms with van der Waals surface area (Å²) >= 11 is 0. The fourth-order valence-electron chi connectivity index (χ4n) is 5.46. The Bertz CT molecular complexity index is 1090. The summed E-state index contributed by atoms with van der Waals surface area (Å²) in [6, 6.07) is 24.7. The molecule has 5 rings (SSSR count). The molecule has 2 atom stereocenters. The molecule has 33 heavy (non-hydrogen) atoms. The lowest BCUT2D eigenvalue weighted by atomic mass is 9.68. The summed E-state index contributed by atoms with van der Waals surface area (Å²) in [5.41, 5.74) is 3.12. The van der Waals surface area contributed by atoms with Gasteiger partial charge in [0.05, 0.1) is 0 Å². The van der Waals surface area contributed by atoms with E-state index >= 15 is 0 Å².